The molecule has 0 spiro atoms. The molecule has 1 heterocycles. The first kappa shape index (κ1) is 9.91. The minimum Gasteiger partial charge on any atom is -0.397 e. The molecule has 0 aliphatic heterocycles. The van der Waals surface area contributed by atoms with Crippen LogP contribution in [0.2, 0.25) is 0 Å². The van der Waals surface area contributed by atoms with Crippen LogP contribution in [0, 0.1) is 0 Å². The lowest BCUT2D eigenvalue weighted by Gasteiger charge is -1.92. The topological polar surface area (TPSA) is 45.1 Å². The van der Waals surface area contributed by atoms with Crippen molar-refractivity contribution in [2.24, 2.45) is 0 Å². The summed E-state index contributed by atoms with van der Waals surface area (Å²) in [7, 11) is 1.85. The van der Waals surface area contributed by atoms with Crippen molar-refractivity contribution < 1.29 is 5.11 Å². The lowest BCUT2D eigenvalue weighted by molar-refractivity contribution is 0.318. The summed E-state index contributed by atoms with van der Waals surface area (Å²) >= 11 is 0. The Morgan fingerprint density at radius 1 is 1.55 bits per heavy atom. The van der Waals surface area contributed by atoms with Crippen LogP contribution in [0.1, 0.15) is 6.92 Å². The van der Waals surface area contributed by atoms with Gasteiger partial charge in [0.1, 0.15) is 5.82 Å². The first-order valence-corrected chi connectivity index (χ1v) is 3.54. The maximum absolute atomic E-state index is 7.57. The largest absolute Gasteiger partial charge is 0.397 e. The molecule has 0 aliphatic carbocycles. The van der Waals surface area contributed by atoms with E-state index in [1.807, 2.05) is 25.2 Å². The lowest BCUT2D eigenvalue weighted by Crippen LogP contribution is -1.88. The van der Waals surface area contributed by atoms with Gasteiger partial charge in [-0.25, -0.2) is 4.98 Å². The highest BCUT2D eigenvalue weighted by Gasteiger charge is 1.79. The fourth-order valence-corrected chi connectivity index (χ4v) is 0.511. The normalized spacial score (nSPS) is 7.91. The van der Waals surface area contributed by atoms with Crippen LogP contribution in [0.3, 0.4) is 0 Å². The SMILES string of the molecule is CCO.CNc1ccccn1. The lowest BCUT2D eigenvalue weighted by atomic mass is 10.5. The Labute approximate surface area is 67.1 Å². The van der Waals surface area contributed by atoms with Gasteiger partial charge in [-0.05, 0) is 19.1 Å². The molecule has 0 saturated heterocycles. The van der Waals surface area contributed by atoms with E-state index in [2.05, 4.69) is 10.3 Å². The molecule has 0 saturated carbocycles. The fourth-order valence-electron chi connectivity index (χ4n) is 0.511. The zero-order chi connectivity index (χ0) is 8.53. The first-order chi connectivity index (χ1) is 5.35. The van der Waals surface area contributed by atoms with E-state index in [9.17, 15) is 0 Å². The summed E-state index contributed by atoms with van der Waals surface area (Å²) in [6.45, 7) is 1.93. The van der Waals surface area contributed by atoms with Gasteiger partial charge in [-0.1, -0.05) is 6.07 Å². The van der Waals surface area contributed by atoms with Crippen LogP contribution in [0.15, 0.2) is 24.4 Å². The van der Waals surface area contributed by atoms with Crippen LogP contribution in [0.25, 0.3) is 0 Å². The number of rotatable bonds is 1. The molecule has 2 N–H and O–H groups in total. The molecule has 0 bridgehead atoms. The van der Waals surface area contributed by atoms with Crippen molar-refractivity contribution in [3.05, 3.63) is 24.4 Å². The fraction of sp³-hybridized carbons (Fsp3) is 0.375. The number of hydrogen-bond acceptors (Lipinski definition) is 3. The van der Waals surface area contributed by atoms with Crippen LogP contribution in [-0.2, 0) is 0 Å². The second kappa shape index (κ2) is 7.02. The van der Waals surface area contributed by atoms with Crippen molar-refractivity contribution >= 4 is 5.82 Å². The van der Waals surface area contributed by atoms with E-state index in [1.165, 1.54) is 0 Å². The standard InChI is InChI=1S/C6H8N2.C2H6O/c1-7-6-4-2-3-5-8-6;1-2-3/h2-5H,1H3,(H,7,8);3H,2H2,1H3. The van der Waals surface area contributed by atoms with Gasteiger partial charge >= 0.3 is 0 Å². The number of hydrogen-bond donors (Lipinski definition) is 2. The number of aliphatic hydroxyl groups is 1. The Kier molecular flexibility index (Phi) is 6.33. The maximum Gasteiger partial charge on any atom is 0.125 e. The zero-order valence-electron chi connectivity index (χ0n) is 6.91. The van der Waals surface area contributed by atoms with E-state index >= 15 is 0 Å². The van der Waals surface area contributed by atoms with Crippen molar-refractivity contribution in [3.63, 3.8) is 0 Å². The van der Waals surface area contributed by atoms with Gasteiger partial charge in [0.2, 0.25) is 0 Å². The molecule has 0 fully saturated rings. The molecule has 11 heavy (non-hydrogen) atoms. The van der Waals surface area contributed by atoms with E-state index in [4.69, 9.17) is 5.11 Å². The van der Waals surface area contributed by atoms with Crippen molar-refractivity contribution in [1.29, 1.82) is 0 Å². The Morgan fingerprint density at radius 2 is 2.18 bits per heavy atom. The summed E-state index contributed by atoms with van der Waals surface area (Å²) in [6, 6.07) is 5.75. The highest BCUT2D eigenvalue weighted by atomic mass is 16.2. The summed E-state index contributed by atoms with van der Waals surface area (Å²) in [6.07, 6.45) is 1.76. The zero-order valence-corrected chi connectivity index (χ0v) is 6.91. The second-order valence-corrected chi connectivity index (χ2v) is 1.78. The number of nitrogens with zero attached hydrogens (tertiary/aromatic N) is 1. The Hall–Kier alpha value is -1.09. The quantitative estimate of drug-likeness (QED) is 0.637. The molecule has 0 atom stereocenters. The molecule has 0 aromatic carbocycles. The molecule has 3 nitrogen and oxygen atoms in total. The average molecular weight is 154 g/mol. The van der Waals surface area contributed by atoms with Gasteiger partial charge in [0.05, 0.1) is 0 Å². The third kappa shape index (κ3) is 5.36. The third-order valence-electron chi connectivity index (χ3n) is 0.921. The van der Waals surface area contributed by atoms with Crippen molar-refractivity contribution in [2.75, 3.05) is 19.0 Å². The summed E-state index contributed by atoms with van der Waals surface area (Å²) in [5.74, 6) is 0.910. The molecule has 0 aliphatic rings. The van der Waals surface area contributed by atoms with Crippen molar-refractivity contribution in [3.8, 4) is 0 Å². The molecule has 0 radical (unpaired) electrons. The van der Waals surface area contributed by atoms with E-state index in [1.54, 1.807) is 13.1 Å². The van der Waals surface area contributed by atoms with Crippen LogP contribution in [0.4, 0.5) is 5.82 Å². The summed E-state index contributed by atoms with van der Waals surface area (Å²) in [4.78, 5) is 3.99. The van der Waals surface area contributed by atoms with Gasteiger partial charge in [-0.15, -0.1) is 0 Å². The van der Waals surface area contributed by atoms with E-state index in [-0.39, 0.29) is 6.61 Å². The molecule has 1 rings (SSSR count). The molecular weight excluding hydrogens is 140 g/mol. The molecule has 62 valence electrons. The van der Waals surface area contributed by atoms with Crippen molar-refractivity contribution in [2.45, 2.75) is 6.92 Å². The Bertz CT molecular complexity index is 165. The van der Waals surface area contributed by atoms with E-state index in [0.717, 1.165) is 5.82 Å². The van der Waals surface area contributed by atoms with Gasteiger partial charge < -0.3 is 10.4 Å². The van der Waals surface area contributed by atoms with Gasteiger partial charge in [-0.3, -0.25) is 0 Å². The van der Waals surface area contributed by atoms with E-state index < -0.39 is 0 Å². The maximum atomic E-state index is 7.57. The number of aliphatic hydroxyl groups excluding tert-OH is 1. The predicted molar refractivity (Wildman–Crippen MR) is 46.5 cm³/mol. The minimum absolute atomic E-state index is 0.250. The molecule has 0 unspecified atom stereocenters. The van der Waals surface area contributed by atoms with Crippen molar-refractivity contribution in [1.82, 2.24) is 4.98 Å². The smallest absolute Gasteiger partial charge is 0.125 e. The number of pyridine rings is 1. The molecule has 1 aromatic heterocycles. The number of nitrogens with one attached hydrogen (secondary N) is 1. The summed E-state index contributed by atoms with van der Waals surface area (Å²) in [5.41, 5.74) is 0. The Morgan fingerprint density at radius 3 is 2.45 bits per heavy atom. The highest BCUT2D eigenvalue weighted by molar-refractivity contribution is 5.31. The minimum atomic E-state index is 0.250. The molecule has 3 heteroatoms. The third-order valence-corrected chi connectivity index (χ3v) is 0.921. The number of aromatic nitrogens is 1. The van der Waals surface area contributed by atoms with Gasteiger partial charge in [-0.2, -0.15) is 0 Å². The highest BCUT2D eigenvalue weighted by Crippen LogP contribution is 1.95. The van der Waals surface area contributed by atoms with E-state index in [0.29, 0.717) is 0 Å². The summed E-state index contributed by atoms with van der Waals surface area (Å²) < 4.78 is 0. The Balaban J connectivity index is 0.000000292. The molecule has 0 amide bonds. The van der Waals surface area contributed by atoms with Gasteiger partial charge in [0.25, 0.3) is 0 Å². The van der Waals surface area contributed by atoms with Crippen LogP contribution >= 0.6 is 0 Å². The molecule has 1 aromatic rings. The van der Waals surface area contributed by atoms with Crippen LogP contribution < -0.4 is 5.32 Å². The average Bonchev–Trinajstić information content (AvgIpc) is 2.08. The molecular formula is C8H14N2O. The van der Waals surface area contributed by atoms with Gasteiger partial charge in [0, 0.05) is 19.9 Å². The van der Waals surface area contributed by atoms with Gasteiger partial charge in [0.15, 0.2) is 0 Å². The first-order valence-electron chi connectivity index (χ1n) is 3.54. The predicted octanol–water partition coefficient (Wildman–Crippen LogP) is 1.12. The van der Waals surface area contributed by atoms with Crippen LogP contribution in [-0.4, -0.2) is 23.7 Å². The second-order valence-electron chi connectivity index (χ2n) is 1.78. The monoisotopic (exact) mass is 154 g/mol. The number of anilines is 1. The summed E-state index contributed by atoms with van der Waals surface area (Å²) in [5, 5.41) is 10.5. The van der Waals surface area contributed by atoms with Crippen LogP contribution in [0.5, 0.6) is 0 Å².